The van der Waals surface area contributed by atoms with Gasteiger partial charge in [0.1, 0.15) is 0 Å². The molecule has 1 amide bonds. The first kappa shape index (κ1) is 13.9. The van der Waals surface area contributed by atoms with Crippen LogP contribution in [-0.2, 0) is 0 Å². The van der Waals surface area contributed by atoms with Gasteiger partial charge in [-0.3, -0.25) is 4.79 Å². The topological polar surface area (TPSA) is 20.3 Å². The highest BCUT2D eigenvalue weighted by atomic mass is 79.9. The molecule has 0 aliphatic carbocycles. The first-order valence-corrected chi connectivity index (χ1v) is 7.45. The highest BCUT2D eigenvalue weighted by Gasteiger charge is 2.29. The van der Waals surface area contributed by atoms with Crippen molar-refractivity contribution >= 4 is 33.4 Å². The van der Waals surface area contributed by atoms with E-state index in [1.807, 2.05) is 17.0 Å². The molecule has 1 heterocycles. The van der Waals surface area contributed by atoms with Crippen LogP contribution in [0.4, 0.5) is 0 Å². The molecular weight excluding hydrogens is 314 g/mol. The average molecular weight is 331 g/mol. The Balaban J connectivity index is 2.26. The van der Waals surface area contributed by atoms with Crippen LogP contribution in [0.5, 0.6) is 0 Å². The van der Waals surface area contributed by atoms with E-state index in [0.717, 1.165) is 17.3 Å². The van der Waals surface area contributed by atoms with Gasteiger partial charge in [-0.05, 0) is 67.2 Å². The molecule has 0 spiro atoms. The molecule has 2 atom stereocenters. The number of carbonyl (C=O) groups is 1. The number of carbonyl (C=O) groups excluding carboxylic acids is 1. The molecule has 1 aromatic rings. The number of benzene rings is 1. The van der Waals surface area contributed by atoms with Crippen molar-refractivity contribution in [3.8, 4) is 0 Å². The lowest BCUT2D eigenvalue weighted by Crippen LogP contribution is -2.47. The standard InChI is InChI=1S/C14H17BrClNO/c1-9-4-3-5-10(2)17(9)14(18)11-6-7-12(15)13(16)8-11/h6-10H,3-5H2,1-2H3/t9-,10+. The number of hydrogen-bond acceptors (Lipinski definition) is 1. The zero-order valence-electron chi connectivity index (χ0n) is 10.6. The summed E-state index contributed by atoms with van der Waals surface area (Å²) in [4.78, 5) is 14.5. The van der Waals surface area contributed by atoms with Gasteiger partial charge in [-0.25, -0.2) is 0 Å². The van der Waals surface area contributed by atoms with Crippen molar-refractivity contribution in [2.45, 2.75) is 45.2 Å². The Kier molecular flexibility index (Phi) is 4.33. The van der Waals surface area contributed by atoms with Gasteiger partial charge in [0.15, 0.2) is 0 Å². The number of amides is 1. The molecule has 18 heavy (non-hydrogen) atoms. The van der Waals surface area contributed by atoms with Gasteiger partial charge in [0.25, 0.3) is 5.91 Å². The number of rotatable bonds is 1. The summed E-state index contributed by atoms with van der Waals surface area (Å²) in [5, 5.41) is 0.582. The summed E-state index contributed by atoms with van der Waals surface area (Å²) < 4.78 is 0.820. The lowest BCUT2D eigenvalue weighted by Gasteiger charge is -2.39. The minimum Gasteiger partial charge on any atom is -0.333 e. The Morgan fingerprint density at radius 1 is 1.33 bits per heavy atom. The van der Waals surface area contributed by atoms with E-state index in [1.165, 1.54) is 6.42 Å². The molecule has 1 aliphatic rings. The largest absolute Gasteiger partial charge is 0.333 e. The van der Waals surface area contributed by atoms with Crippen LogP contribution < -0.4 is 0 Å². The minimum absolute atomic E-state index is 0.0871. The fourth-order valence-electron chi connectivity index (χ4n) is 2.60. The van der Waals surface area contributed by atoms with Crippen LogP contribution in [0.1, 0.15) is 43.5 Å². The van der Waals surface area contributed by atoms with Crippen LogP contribution in [0.25, 0.3) is 0 Å². The highest BCUT2D eigenvalue weighted by molar-refractivity contribution is 9.10. The Hall–Kier alpha value is -0.540. The van der Waals surface area contributed by atoms with Crippen molar-refractivity contribution < 1.29 is 4.79 Å². The quantitative estimate of drug-likeness (QED) is 0.742. The molecule has 1 aromatic carbocycles. The van der Waals surface area contributed by atoms with E-state index >= 15 is 0 Å². The van der Waals surface area contributed by atoms with Gasteiger partial charge in [0.05, 0.1) is 5.02 Å². The third-order valence-corrected chi connectivity index (χ3v) is 4.83. The molecule has 98 valence electrons. The van der Waals surface area contributed by atoms with Gasteiger partial charge in [0, 0.05) is 22.1 Å². The second kappa shape index (κ2) is 5.62. The van der Waals surface area contributed by atoms with Crippen molar-refractivity contribution in [2.75, 3.05) is 0 Å². The molecule has 1 fully saturated rings. The first-order valence-electron chi connectivity index (χ1n) is 6.28. The zero-order chi connectivity index (χ0) is 13.3. The van der Waals surface area contributed by atoms with Crippen molar-refractivity contribution in [2.24, 2.45) is 0 Å². The molecule has 1 saturated heterocycles. The smallest absolute Gasteiger partial charge is 0.254 e. The Bertz CT molecular complexity index is 453. The predicted octanol–water partition coefficient (Wildman–Crippen LogP) is 4.51. The van der Waals surface area contributed by atoms with Gasteiger partial charge in [-0.15, -0.1) is 0 Å². The molecular formula is C14H17BrClNO. The summed E-state index contributed by atoms with van der Waals surface area (Å²) in [6.07, 6.45) is 3.37. The van der Waals surface area contributed by atoms with E-state index in [9.17, 15) is 4.79 Å². The third kappa shape index (κ3) is 2.72. The Morgan fingerprint density at radius 2 is 1.94 bits per heavy atom. The van der Waals surface area contributed by atoms with Crippen molar-refractivity contribution in [3.05, 3.63) is 33.3 Å². The fraction of sp³-hybridized carbons (Fsp3) is 0.500. The molecule has 1 aliphatic heterocycles. The van der Waals surface area contributed by atoms with E-state index < -0.39 is 0 Å². The summed E-state index contributed by atoms with van der Waals surface area (Å²) in [7, 11) is 0. The molecule has 0 bridgehead atoms. The maximum absolute atomic E-state index is 12.5. The number of piperidine rings is 1. The molecule has 0 aromatic heterocycles. The SMILES string of the molecule is C[C@@H]1CCC[C@H](C)N1C(=O)c1ccc(Br)c(Cl)c1. The maximum Gasteiger partial charge on any atom is 0.254 e. The predicted molar refractivity (Wildman–Crippen MR) is 78.1 cm³/mol. The average Bonchev–Trinajstić information content (AvgIpc) is 2.32. The van der Waals surface area contributed by atoms with Gasteiger partial charge < -0.3 is 4.90 Å². The van der Waals surface area contributed by atoms with Crippen LogP contribution in [-0.4, -0.2) is 22.9 Å². The van der Waals surface area contributed by atoms with E-state index in [1.54, 1.807) is 6.07 Å². The van der Waals surface area contributed by atoms with E-state index in [2.05, 4.69) is 29.8 Å². The molecule has 2 rings (SSSR count). The van der Waals surface area contributed by atoms with E-state index in [4.69, 9.17) is 11.6 Å². The van der Waals surface area contributed by atoms with E-state index in [0.29, 0.717) is 22.7 Å². The molecule has 0 saturated carbocycles. The first-order chi connectivity index (χ1) is 8.50. The highest BCUT2D eigenvalue weighted by Crippen LogP contribution is 2.27. The lowest BCUT2D eigenvalue weighted by atomic mass is 9.96. The van der Waals surface area contributed by atoms with Crippen molar-refractivity contribution in [1.82, 2.24) is 4.90 Å². The number of hydrogen-bond donors (Lipinski definition) is 0. The molecule has 0 radical (unpaired) electrons. The van der Waals surface area contributed by atoms with Crippen LogP contribution in [0.3, 0.4) is 0 Å². The molecule has 0 N–H and O–H groups in total. The molecule has 0 unspecified atom stereocenters. The Morgan fingerprint density at radius 3 is 2.50 bits per heavy atom. The van der Waals surface area contributed by atoms with Gasteiger partial charge in [-0.2, -0.15) is 0 Å². The summed E-state index contributed by atoms with van der Waals surface area (Å²) in [5.74, 6) is 0.0871. The second-order valence-corrected chi connectivity index (χ2v) is 6.23. The van der Waals surface area contributed by atoms with Crippen molar-refractivity contribution in [3.63, 3.8) is 0 Å². The van der Waals surface area contributed by atoms with Gasteiger partial charge in [0.2, 0.25) is 0 Å². The minimum atomic E-state index is 0.0871. The summed E-state index contributed by atoms with van der Waals surface area (Å²) >= 11 is 9.39. The Labute approximate surface area is 121 Å². The summed E-state index contributed by atoms with van der Waals surface area (Å²) in [6.45, 7) is 4.24. The second-order valence-electron chi connectivity index (χ2n) is 4.97. The van der Waals surface area contributed by atoms with Crippen LogP contribution in [0, 0.1) is 0 Å². The fourth-order valence-corrected chi connectivity index (χ4v) is 3.03. The summed E-state index contributed by atoms with van der Waals surface area (Å²) in [6, 6.07) is 6.01. The van der Waals surface area contributed by atoms with Crippen LogP contribution in [0.2, 0.25) is 5.02 Å². The van der Waals surface area contributed by atoms with E-state index in [-0.39, 0.29) is 5.91 Å². The number of likely N-dealkylation sites (tertiary alicyclic amines) is 1. The molecule has 4 heteroatoms. The van der Waals surface area contributed by atoms with Crippen LogP contribution >= 0.6 is 27.5 Å². The van der Waals surface area contributed by atoms with Gasteiger partial charge in [-0.1, -0.05) is 11.6 Å². The summed E-state index contributed by atoms with van der Waals surface area (Å²) in [5.41, 5.74) is 0.670. The normalized spacial score (nSPS) is 24.1. The van der Waals surface area contributed by atoms with Gasteiger partial charge >= 0.3 is 0 Å². The number of nitrogens with zero attached hydrogens (tertiary/aromatic N) is 1. The lowest BCUT2D eigenvalue weighted by molar-refractivity contribution is 0.0511. The number of halogens is 2. The zero-order valence-corrected chi connectivity index (χ0v) is 13.0. The molecule has 2 nitrogen and oxygen atoms in total. The van der Waals surface area contributed by atoms with Crippen LogP contribution in [0.15, 0.2) is 22.7 Å². The third-order valence-electron chi connectivity index (χ3n) is 3.59. The van der Waals surface area contributed by atoms with Crippen molar-refractivity contribution in [1.29, 1.82) is 0 Å². The monoisotopic (exact) mass is 329 g/mol. The maximum atomic E-state index is 12.5.